The van der Waals surface area contributed by atoms with E-state index in [0.717, 1.165) is 61.2 Å². The third kappa shape index (κ3) is 5.52. The molecule has 0 N–H and O–H groups in total. The van der Waals surface area contributed by atoms with Gasteiger partial charge in [0.2, 0.25) is 0 Å². The molecule has 0 spiro atoms. The quantitative estimate of drug-likeness (QED) is 0.124. The van der Waals surface area contributed by atoms with Crippen molar-refractivity contribution < 1.29 is 4.42 Å². The third-order valence-electron chi connectivity index (χ3n) is 10.0. The van der Waals surface area contributed by atoms with E-state index < -0.39 is 0 Å². The molecule has 0 aliphatic carbocycles. The van der Waals surface area contributed by atoms with E-state index in [1.54, 1.807) is 0 Å². The third-order valence-corrected chi connectivity index (χ3v) is 10.0. The number of aliphatic imine (C=N–C) groups is 1. The molecule has 8 aromatic carbocycles. The van der Waals surface area contributed by atoms with Crippen molar-refractivity contribution in [2.75, 3.05) is 0 Å². The van der Waals surface area contributed by atoms with Gasteiger partial charge >= 0.3 is 0 Å². The Kier molecular flexibility index (Phi) is 7.63. The fourth-order valence-corrected chi connectivity index (χ4v) is 7.46. The minimum Gasteiger partial charge on any atom is -0.456 e. The molecule has 0 bridgehead atoms. The average Bonchev–Trinajstić information content (AvgIpc) is 3.58. The van der Waals surface area contributed by atoms with E-state index in [-0.39, 0.29) is 0 Å². The Labute approximate surface area is 297 Å². The van der Waals surface area contributed by atoms with E-state index in [4.69, 9.17) is 9.41 Å². The molecule has 0 radical (unpaired) electrons. The van der Waals surface area contributed by atoms with E-state index in [1.807, 2.05) is 24.3 Å². The van der Waals surface area contributed by atoms with Gasteiger partial charge in [0.15, 0.2) is 0 Å². The van der Waals surface area contributed by atoms with Gasteiger partial charge in [-0.15, -0.1) is 0 Å². The predicted molar refractivity (Wildman–Crippen MR) is 218 cm³/mol. The molecule has 9 rings (SSSR count). The standard InChI is InChI=1S/C49H35NO/c1-32(24-28-46(35-16-7-4-8-17-35)50-33(2)34-14-5-3-6-15-34)36-26-29-47-45(30-36)49-38(22-13-23-48(49)51-47)37-25-27-43-41-20-10-9-18-39(41)40-19-11-12-21-42(40)44(43)31-37/h3-23,25-31H,1,24H2,2H3/b46-28-,50-33+. The summed E-state index contributed by atoms with van der Waals surface area (Å²) in [6, 6.07) is 57.9. The zero-order valence-corrected chi connectivity index (χ0v) is 28.4. The Morgan fingerprint density at radius 2 is 1.14 bits per heavy atom. The summed E-state index contributed by atoms with van der Waals surface area (Å²) in [6.07, 6.45) is 2.85. The van der Waals surface area contributed by atoms with Crippen molar-refractivity contribution in [3.8, 4) is 11.1 Å². The maximum atomic E-state index is 6.45. The van der Waals surface area contributed by atoms with Gasteiger partial charge in [-0.3, -0.25) is 4.99 Å². The van der Waals surface area contributed by atoms with Crippen LogP contribution in [0, 0.1) is 0 Å². The molecule has 0 fully saturated rings. The Morgan fingerprint density at radius 3 is 1.82 bits per heavy atom. The van der Waals surface area contributed by atoms with Crippen LogP contribution in [0.1, 0.15) is 30.0 Å². The molecule has 0 amide bonds. The minimum atomic E-state index is 0.662. The Bertz CT molecular complexity index is 2800. The van der Waals surface area contributed by atoms with Gasteiger partial charge in [0, 0.05) is 16.5 Å². The molecule has 1 aromatic heterocycles. The van der Waals surface area contributed by atoms with Gasteiger partial charge in [-0.05, 0) is 103 Å². The number of fused-ring (bicyclic) bond motifs is 9. The second-order valence-electron chi connectivity index (χ2n) is 13.2. The zero-order valence-electron chi connectivity index (χ0n) is 28.4. The first-order valence-electron chi connectivity index (χ1n) is 17.5. The normalized spacial score (nSPS) is 12.4. The molecule has 51 heavy (non-hydrogen) atoms. The van der Waals surface area contributed by atoms with E-state index >= 15 is 0 Å². The van der Waals surface area contributed by atoms with Crippen molar-refractivity contribution in [2.24, 2.45) is 4.99 Å². The van der Waals surface area contributed by atoms with Crippen LogP contribution in [0.3, 0.4) is 0 Å². The molecule has 0 unspecified atom stereocenters. The van der Waals surface area contributed by atoms with Crippen molar-refractivity contribution in [1.29, 1.82) is 0 Å². The van der Waals surface area contributed by atoms with Crippen molar-refractivity contribution in [2.45, 2.75) is 13.3 Å². The number of allylic oxidation sites excluding steroid dienone is 2. The lowest BCUT2D eigenvalue weighted by molar-refractivity contribution is 0.669. The molecule has 2 nitrogen and oxygen atoms in total. The number of hydrogen-bond donors (Lipinski definition) is 0. The molecule has 0 saturated heterocycles. The van der Waals surface area contributed by atoms with Crippen molar-refractivity contribution in [3.63, 3.8) is 0 Å². The lowest BCUT2D eigenvalue weighted by Crippen LogP contribution is -1.95. The number of benzene rings is 8. The Hall–Kier alpha value is -6.51. The molecule has 242 valence electrons. The Morgan fingerprint density at radius 1 is 0.529 bits per heavy atom. The second kappa shape index (κ2) is 12.7. The van der Waals surface area contributed by atoms with Crippen molar-refractivity contribution >= 4 is 71.2 Å². The summed E-state index contributed by atoms with van der Waals surface area (Å²) in [5.41, 5.74) is 10.3. The van der Waals surface area contributed by atoms with Crippen molar-refractivity contribution in [3.05, 3.63) is 193 Å². The number of hydrogen-bond acceptors (Lipinski definition) is 2. The van der Waals surface area contributed by atoms with Crippen molar-refractivity contribution in [1.82, 2.24) is 0 Å². The van der Waals surface area contributed by atoms with Gasteiger partial charge in [-0.25, -0.2) is 0 Å². The van der Waals surface area contributed by atoms with Gasteiger partial charge in [0.1, 0.15) is 11.2 Å². The fraction of sp³-hybridized carbons (Fsp3) is 0.0408. The van der Waals surface area contributed by atoms with E-state index in [1.165, 1.54) is 37.9 Å². The Balaban J connectivity index is 1.13. The van der Waals surface area contributed by atoms with Crippen LogP contribution in [-0.2, 0) is 0 Å². The largest absolute Gasteiger partial charge is 0.456 e. The van der Waals surface area contributed by atoms with Crippen LogP contribution >= 0.6 is 0 Å². The predicted octanol–water partition coefficient (Wildman–Crippen LogP) is 13.7. The highest BCUT2D eigenvalue weighted by atomic mass is 16.3. The summed E-state index contributed by atoms with van der Waals surface area (Å²) >= 11 is 0. The molecular weight excluding hydrogens is 619 g/mol. The topological polar surface area (TPSA) is 25.5 Å². The molecular formula is C49H35NO. The first kappa shape index (κ1) is 30.5. The molecule has 2 heteroatoms. The molecule has 0 aliphatic rings. The SMILES string of the molecule is C=C(C/C=C(\N=C(/C)c1ccccc1)c1ccccc1)c1ccc2oc3cccc(-c4ccc5c6ccccc6c6ccccc6c5c4)c3c2c1. The van der Waals surface area contributed by atoms with E-state index in [9.17, 15) is 0 Å². The average molecular weight is 654 g/mol. The maximum absolute atomic E-state index is 6.45. The summed E-state index contributed by atoms with van der Waals surface area (Å²) in [6.45, 7) is 6.61. The summed E-state index contributed by atoms with van der Waals surface area (Å²) in [5, 5.41) is 9.84. The first-order valence-corrected chi connectivity index (χ1v) is 17.5. The fourth-order valence-electron chi connectivity index (χ4n) is 7.46. The lowest BCUT2D eigenvalue weighted by Gasteiger charge is -2.12. The van der Waals surface area contributed by atoms with E-state index in [2.05, 4.69) is 159 Å². The summed E-state index contributed by atoms with van der Waals surface area (Å²) in [4.78, 5) is 5.09. The highest BCUT2D eigenvalue weighted by Gasteiger charge is 2.16. The molecule has 0 aliphatic heterocycles. The molecule has 0 atom stereocenters. The van der Waals surface area contributed by atoms with Gasteiger partial charge in [-0.2, -0.15) is 0 Å². The molecule has 9 aromatic rings. The van der Waals surface area contributed by atoms with Gasteiger partial charge < -0.3 is 4.42 Å². The smallest absolute Gasteiger partial charge is 0.136 e. The number of nitrogens with zero attached hydrogens (tertiary/aromatic N) is 1. The summed E-state index contributed by atoms with van der Waals surface area (Å²) in [7, 11) is 0. The molecule has 1 heterocycles. The van der Waals surface area contributed by atoms with Crippen LogP contribution in [-0.4, -0.2) is 5.71 Å². The van der Waals surface area contributed by atoms with Crippen LogP contribution in [0.15, 0.2) is 186 Å². The summed E-state index contributed by atoms with van der Waals surface area (Å²) < 4.78 is 6.45. The highest BCUT2D eigenvalue weighted by Crippen LogP contribution is 2.41. The zero-order chi connectivity index (χ0) is 34.3. The van der Waals surface area contributed by atoms with Gasteiger partial charge in [0.05, 0.1) is 5.70 Å². The van der Waals surface area contributed by atoms with Crippen LogP contribution in [0.25, 0.3) is 76.7 Å². The highest BCUT2D eigenvalue weighted by molar-refractivity contribution is 6.26. The monoisotopic (exact) mass is 653 g/mol. The van der Waals surface area contributed by atoms with Crippen LogP contribution < -0.4 is 0 Å². The van der Waals surface area contributed by atoms with Crippen LogP contribution in [0.5, 0.6) is 0 Å². The van der Waals surface area contributed by atoms with Gasteiger partial charge in [-0.1, -0.05) is 152 Å². The summed E-state index contributed by atoms with van der Waals surface area (Å²) in [5.74, 6) is 0. The number of rotatable bonds is 7. The first-order chi connectivity index (χ1) is 25.1. The maximum Gasteiger partial charge on any atom is 0.136 e. The number of furan rings is 1. The minimum absolute atomic E-state index is 0.662. The van der Waals surface area contributed by atoms with Gasteiger partial charge in [0.25, 0.3) is 0 Å². The van der Waals surface area contributed by atoms with Crippen LogP contribution in [0.2, 0.25) is 0 Å². The molecule has 0 saturated carbocycles. The lowest BCUT2D eigenvalue weighted by atomic mass is 9.91. The van der Waals surface area contributed by atoms with Crippen LogP contribution in [0.4, 0.5) is 0 Å². The van der Waals surface area contributed by atoms with E-state index in [0.29, 0.717) is 6.42 Å². The second-order valence-corrected chi connectivity index (χ2v) is 13.2.